The summed E-state index contributed by atoms with van der Waals surface area (Å²) in [5, 5.41) is 11.8. The molecule has 8 heteroatoms. The highest BCUT2D eigenvalue weighted by molar-refractivity contribution is 5.90. The van der Waals surface area contributed by atoms with Gasteiger partial charge in [-0.1, -0.05) is 6.07 Å². The summed E-state index contributed by atoms with van der Waals surface area (Å²) in [5.74, 6) is 0.881. The van der Waals surface area contributed by atoms with Gasteiger partial charge in [0.1, 0.15) is 11.6 Å². The van der Waals surface area contributed by atoms with Crippen LogP contribution in [0.5, 0.6) is 11.5 Å². The molecular formula is C19H21F3NO4+. The van der Waals surface area contributed by atoms with Gasteiger partial charge in [-0.15, -0.1) is 0 Å². The predicted molar refractivity (Wildman–Crippen MR) is 87.1 cm³/mol. The van der Waals surface area contributed by atoms with Crippen LogP contribution in [0.3, 0.4) is 0 Å². The van der Waals surface area contributed by atoms with Gasteiger partial charge < -0.3 is 19.5 Å². The number of hydrogen-bond acceptors (Lipinski definition) is 4. The molecule has 1 saturated heterocycles. The van der Waals surface area contributed by atoms with Crippen LogP contribution in [0.1, 0.15) is 30.4 Å². The highest BCUT2D eigenvalue weighted by atomic mass is 19.4. The largest absolute Gasteiger partial charge is 0.493 e. The van der Waals surface area contributed by atoms with Crippen LogP contribution >= 0.6 is 0 Å². The van der Waals surface area contributed by atoms with Crippen LogP contribution in [-0.4, -0.2) is 55.0 Å². The number of ether oxygens (including phenoxy) is 2. The minimum Gasteiger partial charge on any atom is -0.493 e. The number of hydrogen-bond donors (Lipinski definition) is 2. The van der Waals surface area contributed by atoms with Gasteiger partial charge in [-0.3, -0.25) is 4.79 Å². The van der Waals surface area contributed by atoms with Gasteiger partial charge in [0.05, 0.1) is 19.1 Å². The Balaban J connectivity index is 1.72. The van der Waals surface area contributed by atoms with E-state index in [-0.39, 0.29) is 31.6 Å². The van der Waals surface area contributed by atoms with Crippen molar-refractivity contribution in [2.24, 2.45) is 0 Å². The van der Waals surface area contributed by atoms with Crippen molar-refractivity contribution in [3.8, 4) is 11.5 Å². The maximum absolute atomic E-state index is 13.2. The van der Waals surface area contributed by atoms with Crippen molar-refractivity contribution in [1.29, 1.82) is 0 Å². The molecule has 27 heavy (non-hydrogen) atoms. The van der Waals surface area contributed by atoms with E-state index in [4.69, 9.17) is 9.47 Å². The Kier molecular flexibility index (Phi) is 3.31. The van der Waals surface area contributed by atoms with E-state index in [2.05, 4.69) is 0 Å². The van der Waals surface area contributed by atoms with Crippen molar-refractivity contribution >= 4 is 5.78 Å². The SMILES string of the molecule is COc1ccc2c3c1O[C@H]1C(=O)CC[C@@]4(O)[C@@H](C2)[NH+](CC(F)(F)F)CC[C@]314. The molecule has 1 spiro atoms. The summed E-state index contributed by atoms with van der Waals surface area (Å²) in [5.41, 5.74) is -0.726. The van der Waals surface area contributed by atoms with Crippen LogP contribution in [0.25, 0.3) is 0 Å². The summed E-state index contributed by atoms with van der Waals surface area (Å²) in [7, 11) is 1.51. The molecule has 146 valence electrons. The number of benzene rings is 1. The highest BCUT2D eigenvalue weighted by Crippen LogP contribution is 2.63. The first-order valence-electron chi connectivity index (χ1n) is 9.25. The number of methoxy groups -OCH3 is 1. The second kappa shape index (κ2) is 5.17. The zero-order valence-corrected chi connectivity index (χ0v) is 14.9. The van der Waals surface area contributed by atoms with Crippen molar-refractivity contribution in [2.45, 2.75) is 55.0 Å². The normalized spacial score (nSPS) is 39.0. The van der Waals surface area contributed by atoms with Gasteiger partial charge in [-0.2, -0.15) is 13.2 Å². The predicted octanol–water partition coefficient (Wildman–Crippen LogP) is 0.564. The van der Waals surface area contributed by atoms with Crippen LogP contribution < -0.4 is 14.4 Å². The summed E-state index contributed by atoms with van der Waals surface area (Å²) in [6, 6.07) is 2.96. The lowest BCUT2D eigenvalue weighted by molar-refractivity contribution is -0.951. The molecule has 4 aliphatic rings. The minimum absolute atomic E-state index is 0.0937. The number of carbonyl (C=O) groups excluding carboxylic acids is 1. The third kappa shape index (κ3) is 2.00. The lowest BCUT2D eigenvalue weighted by atomic mass is 9.49. The number of nitrogens with one attached hydrogen (secondary N) is 1. The molecule has 5 atom stereocenters. The van der Waals surface area contributed by atoms with Crippen LogP contribution in [0.2, 0.25) is 0 Å². The van der Waals surface area contributed by atoms with E-state index in [1.54, 1.807) is 6.07 Å². The number of Topliss-reactive ketones (excluding diaryl/α,β-unsaturated/α-hetero) is 1. The summed E-state index contributed by atoms with van der Waals surface area (Å²) in [6.45, 7) is -0.733. The third-order valence-electron chi connectivity index (χ3n) is 7.14. The van der Waals surface area contributed by atoms with E-state index in [1.165, 1.54) is 7.11 Å². The first-order valence-corrected chi connectivity index (χ1v) is 9.25. The van der Waals surface area contributed by atoms with E-state index in [1.807, 2.05) is 6.07 Å². The second-order valence-electron chi connectivity index (χ2n) is 8.20. The fourth-order valence-corrected chi connectivity index (χ4v) is 6.17. The number of likely N-dealkylation sites (tertiary alicyclic amines) is 1. The fraction of sp³-hybridized carbons (Fsp3) is 0.632. The first kappa shape index (κ1) is 17.3. The molecule has 2 heterocycles. The molecule has 2 aliphatic carbocycles. The molecule has 5 rings (SSSR count). The first-order chi connectivity index (χ1) is 12.7. The number of carbonyl (C=O) groups is 1. The maximum atomic E-state index is 13.2. The van der Waals surface area contributed by atoms with Crippen molar-refractivity contribution in [3.05, 3.63) is 23.3 Å². The van der Waals surface area contributed by atoms with Crippen molar-refractivity contribution in [3.63, 3.8) is 0 Å². The Morgan fingerprint density at radius 1 is 1.37 bits per heavy atom. The van der Waals surface area contributed by atoms with E-state index in [0.717, 1.165) is 11.1 Å². The van der Waals surface area contributed by atoms with Gasteiger partial charge in [-0.25, -0.2) is 0 Å². The topological polar surface area (TPSA) is 60.2 Å². The van der Waals surface area contributed by atoms with Crippen LogP contribution in [-0.2, 0) is 16.6 Å². The Morgan fingerprint density at radius 2 is 2.15 bits per heavy atom. The molecule has 1 aromatic carbocycles. The van der Waals surface area contributed by atoms with Crippen LogP contribution in [0.15, 0.2) is 12.1 Å². The third-order valence-corrected chi connectivity index (χ3v) is 7.14. The molecular weight excluding hydrogens is 363 g/mol. The summed E-state index contributed by atoms with van der Waals surface area (Å²) in [4.78, 5) is 13.1. The molecule has 0 aromatic heterocycles. The maximum Gasteiger partial charge on any atom is 0.438 e. The lowest BCUT2D eigenvalue weighted by Crippen LogP contribution is -3.22. The van der Waals surface area contributed by atoms with Crippen molar-refractivity contribution < 1.29 is 37.4 Å². The number of halogens is 3. The molecule has 0 radical (unpaired) electrons. The number of quaternary nitrogens is 1. The monoisotopic (exact) mass is 384 g/mol. The lowest BCUT2D eigenvalue weighted by Gasteiger charge is -2.60. The van der Waals surface area contributed by atoms with Gasteiger partial charge >= 0.3 is 6.18 Å². The molecule has 2 fully saturated rings. The smallest absolute Gasteiger partial charge is 0.438 e. The average molecular weight is 384 g/mol. The summed E-state index contributed by atoms with van der Waals surface area (Å²) in [6.07, 6.45) is -4.25. The van der Waals surface area contributed by atoms with E-state index < -0.39 is 35.9 Å². The summed E-state index contributed by atoms with van der Waals surface area (Å²) >= 11 is 0. The molecule has 2 N–H and O–H groups in total. The molecule has 1 unspecified atom stereocenters. The zero-order chi connectivity index (χ0) is 19.2. The minimum atomic E-state index is -4.31. The molecule has 2 aliphatic heterocycles. The second-order valence-corrected chi connectivity index (χ2v) is 8.20. The Bertz CT molecular complexity index is 841. The van der Waals surface area contributed by atoms with Gasteiger partial charge in [0.15, 0.2) is 29.9 Å². The quantitative estimate of drug-likeness (QED) is 0.783. The Hall–Kier alpha value is -1.80. The summed E-state index contributed by atoms with van der Waals surface area (Å²) < 4.78 is 50.9. The number of rotatable bonds is 2. The van der Waals surface area contributed by atoms with Crippen molar-refractivity contribution in [2.75, 3.05) is 20.2 Å². The van der Waals surface area contributed by atoms with E-state index in [0.29, 0.717) is 22.8 Å². The molecule has 5 nitrogen and oxygen atoms in total. The van der Waals surface area contributed by atoms with Crippen LogP contribution in [0, 0.1) is 0 Å². The molecule has 0 amide bonds. The van der Waals surface area contributed by atoms with Crippen LogP contribution in [0.4, 0.5) is 13.2 Å². The highest BCUT2D eigenvalue weighted by Gasteiger charge is 2.75. The van der Waals surface area contributed by atoms with E-state index >= 15 is 0 Å². The van der Waals surface area contributed by atoms with Gasteiger partial charge in [-0.05, 0) is 18.1 Å². The number of ketones is 1. The average Bonchev–Trinajstić information content (AvgIpc) is 2.95. The molecule has 1 saturated carbocycles. The van der Waals surface area contributed by atoms with Gasteiger partial charge in [0.2, 0.25) is 0 Å². The number of aliphatic hydroxyl groups is 1. The fourth-order valence-electron chi connectivity index (χ4n) is 6.17. The van der Waals surface area contributed by atoms with Gasteiger partial charge in [0, 0.05) is 24.8 Å². The van der Waals surface area contributed by atoms with E-state index in [9.17, 15) is 23.1 Å². The van der Waals surface area contributed by atoms with Crippen molar-refractivity contribution in [1.82, 2.24) is 0 Å². The molecule has 2 bridgehead atoms. The zero-order valence-electron chi connectivity index (χ0n) is 14.9. The Morgan fingerprint density at radius 3 is 2.85 bits per heavy atom. The standard InChI is InChI=1S/C19H20F3NO4/c1-26-12-3-2-10-8-13-18(25)5-4-11(24)16-17(18,14(10)15(12)27-16)6-7-23(13)9-19(20,21)22/h2-3,13,16,25H,4-9H2,1H3/p+1/t13-,16+,17+,18-/m1/s1. The van der Waals surface area contributed by atoms with Gasteiger partial charge in [0.25, 0.3) is 0 Å². The number of piperidine rings is 1. The molecule has 1 aromatic rings. The Labute approximate surface area is 154 Å². The number of alkyl halides is 3.